The van der Waals surface area contributed by atoms with Crippen molar-refractivity contribution in [3.8, 4) is 0 Å². The average Bonchev–Trinajstić information content (AvgIpc) is 2.44. The molecule has 2 rings (SSSR count). The van der Waals surface area contributed by atoms with Crippen molar-refractivity contribution >= 4 is 5.69 Å². The number of anilines is 1. The van der Waals surface area contributed by atoms with E-state index >= 15 is 0 Å². The molecular weight excluding hydrogens is 236 g/mol. The number of methoxy groups -OCH3 is 1. The number of rotatable bonds is 6. The highest BCUT2D eigenvalue weighted by Crippen LogP contribution is 2.19. The molecule has 0 saturated carbocycles. The summed E-state index contributed by atoms with van der Waals surface area (Å²) in [5.74, 6) is 0.772. The summed E-state index contributed by atoms with van der Waals surface area (Å²) in [6.45, 7) is 4.33. The first-order chi connectivity index (χ1) is 9.29. The van der Waals surface area contributed by atoms with E-state index < -0.39 is 0 Å². The SMILES string of the molecule is COCCc1ccccc1NCC1CCCN(C)C1. The molecule has 0 amide bonds. The molecule has 1 atom stereocenters. The Kier molecular flexibility index (Phi) is 5.67. The van der Waals surface area contributed by atoms with Crippen LogP contribution in [0.15, 0.2) is 24.3 Å². The van der Waals surface area contributed by atoms with E-state index in [2.05, 4.69) is 41.5 Å². The van der Waals surface area contributed by atoms with Crippen molar-refractivity contribution in [3.05, 3.63) is 29.8 Å². The standard InChI is InChI=1S/C16H26N2O/c1-18-10-5-6-14(13-18)12-17-16-8-4-3-7-15(16)9-11-19-2/h3-4,7-8,14,17H,5-6,9-13H2,1-2H3. The van der Waals surface area contributed by atoms with Crippen molar-refractivity contribution in [2.45, 2.75) is 19.3 Å². The molecule has 0 radical (unpaired) electrons. The number of nitrogens with one attached hydrogen (secondary N) is 1. The minimum atomic E-state index is 0.772. The Hall–Kier alpha value is -1.06. The molecule has 106 valence electrons. The lowest BCUT2D eigenvalue weighted by Crippen LogP contribution is -2.35. The molecule has 0 aromatic heterocycles. The molecule has 1 fully saturated rings. The predicted octanol–water partition coefficient (Wildman–Crippen LogP) is 2.63. The Morgan fingerprint density at radius 2 is 2.21 bits per heavy atom. The first kappa shape index (κ1) is 14.4. The van der Waals surface area contributed by atoms with Crippen LogP contribution in [0.4, 0.5) is 5.69 Å². The van der Waals surface area contributed by atoms with Crippen LogP contribution in [0.25, 0.3) is 0 Å². The van der Waals surface area contributed by atoms with E-state index in [9.17, 15) is 0 Å². The van der Waals surface area contributed by atoms with E-state index in [4.69, 9.17) is 4.74 Å². The fourth-order valence-corrected chi connectivity index (χ4v) is 2.82. The fraction of sp³-hybridized carbons (Fsp3) is 0.625. The van der Waals surface area contributed by atoms with Crippen molar-refractivity contribution in [2.24, 2.45) is 5.92 Å². The van der Waals surface area contributed by atoms with Gasteiger partial charge in [-0.2, -0.15) is 0 Å². The fourth-order valence-electron chi connectivity index (χ4n) is 2.82. The van der Waals surface area contributed by atoms with Crippen LogP contribution in [0.2, 0.25) is 0 Å². The van der Waals surface area contributed by atoms with E-state index in [0.29, 0.717) is 0 Å². The van der Waals surface area contributed by atoms with E-state index in [1.165, 1.54) is 37.2 Å². The Bertz CT molecular complexity index is 381. The first-order valence-electron chi connectivity index (χ1n) is 7.29. The molecule has 0 spiro atoms. The lowest BCUT2D eigenvalue weighted by Gasteiger charge is -2.30. The van der Waals surface area contributed by atoms with Crippen LogP contribution < -0.4 is 5.32 Å². The number of benzene rings is 1. The highest BCUT2D eigenvalue weighted by Gasteiger charge is 2.16. The molecule has 3 heteroatoms. The molecule has 19 heavy (non-hydrogen) atoms. The molecular formula is C16H26N2O. The number of hydrogen-bond donors (Lipinski definition) is 1. The number of likely N-dealkylation sites (tertiary alicyclic amines) is 1. The average molecular weight is 262 g/mol. The number of nitrogens with zero attached hydrogens (tertiary/aromatic N) is 1. The van der Waals surface area contributed by atoms with Gasteiger partial charge in [0.2, 0.25) is 0 Å². The molecule has 1 unspecified atom stereocenters. The predicted molar refractivity (Wildman–Crippen MR) is 80.7 cm³/mol. The van der Waals surface area contributed by atoms with Gasteiger partial charge in [0.15, 0.2) is 0 Å². The van der Waals surface area contributed by atoms with E-state index in [-0.39, 0.29) is 0 Å². The van der Waals surface area contributed by atoms with Gasteiger partial charge < -0.3 is 15.0 Å². The lowest BCUT2D eigenvalue weighted by molar-refractivity contribution is 0.202. The lowest BCUT2D eigenvalue weighted by atomic mass is 9.98. The second kappa shape index (κ2) is 7.51. The maximum atomic E-state index is 5.17. The van der Waals surface area contributed by atoms with Crippen molar-refractivity contribution in [1.29, 1.82) is 0 Å². The minimum absolute atomic E-state index is 0.772. The normalized spacial score (nSPS) is 20.4. The zero-order valence-electron chi connectivity index (χ0n) is 12.2. The summed E-state index contributed by atoms with van der Waals surface area (Å²) in [6, 6.07) is 8.57. The third kappa shape index (κ3) is 4.51. The summed E-state index contributed by atoms with van der Waals surface area (Å²) < 4.78 is 5.17. The smallest absolute Gasteiger partial charge is 0.0503 e. The third-order valence-corrected chi connectivity index (χ3v) is 3.90. The van der Waals surface area contributed by atoms with Crippen LogP contribution in [0.3, 0.4) is 0 Å². The van der Waals surface area contributed by atoms with Crippen molar-refractivity contribution in [3.63, 3.8) is 0 Å². The topological polar surface area (TPSA) is 24.5 Å². The van der Waals surface area contributed by atoms with Gasteiger partial charge in [-0.15, -0.1) is 0 Å². The summed E-state index contributed by atoms with van der Waals surface area (Å²) in [5.41, 5.74) is 2.63. The van der Waals surface area contributed by atoms with Crippen LogP contribution in [0.5, 0.6) is 0 Å². The highest BCUT2D eigenvalue weighted by molar-refractivity contribution is 5.51. The van der Waals surface area contributed by atoms with Gasteiger partial charge in [0.1, 0.15) is 0 Å². The molecule has 0 aliphatic carbocycles. The van der Waals surface area contributed by atoms with Gasteiger partial charge in [0.05, 0.1) is 6.61 Å². The number of hydrogen-bond acceptors (Lipinski definition) is 3. The third-order valence-electron chi connectivity index (χ3n) is 3.90. The Morgan fingerprint density at radius 3 is 3.00 bits per heavy atom. The molecule has 0 bridgehead atoms. The molecule has 1 aliphatic heterocycles. The molecule has 1 aromatic rings. The summed E-state index contributed by atoms with van der Waals surface area (Å²) in [4.78, 5) is 2.44. The van der Waals surface area contributed by atoms with Crippen molar-refractivity contribution in [1.82, 2.24) is 4.90 Å². The van der Waals surface area contributed by atoms with Crippen LogP contribution in [-0.4, -0.2) is 45.3 Å². The van der Waals surface area contributed by atoms with E-state index in [1.807, 2.05) is 0 Å². The van der Waals surface area contributed by atoms with Crippen LogP contribution in [0, 0.1) is 5.92 Å². The van der Waals surface area contributed by atoms with Gasteiger partial charge >= 0.3 is 0 Å². The maximum absolute atomic E-state index is 5.17. The first-order valence-corrected chi connectivity index (χ1v) is 7.29. The number of piperidine rings is 1. The second-order valence-electron chi connectivity index (χ2n) is 5.55. The highest BCUT2D eigenvalue weighted by atomic mass is 16.5. The number of para-hydroxylation sites is 1. The van der Waals surface area contributed by atoms with Crippen molar-refractivity contribution < 1.29 is 4.74 Å². The van der Waals surface area contributed by atoms with Crippen LogP contribution >= 0.6 is 0 Å². The van der Waals surface area contributed by atoms with Gasteiger partial charge in [-0.1, -0.05) is 18.2 Å². The van der Waals surface area contributed by atoms with Gasteiger partial charge in [-0.05, 0) is 50.4 Å². The molecule has 1 aliphatic rings. The molecule has 1 aromatic carbocycles. The van der Waals surface area contributed by atoms with E-state index in [0.717, 1.165) is 25.5 Å². The number of ether oxygens (including phenoxy) is 1. The van der Waals surface area contributed by atoms with Gasteiger partial charge in [-0.25, -0.2) is 0 Å². The van der Waals surface area contributed by atoms with E-state index in [1.54, 1.807) is 7.11 Å². The van der Waals surface area contributed by atoms with Crippen LogP contribution in [-0.2, 0) is 11.2 Å². The largest absolute Gasteiger partial charge is 0.384 e. The quantitative estimate of drug-likeness (QED) is 0.853. The maximum Gasteiger partial charge on any atom is 0.0503 e. The molecule has 1 N–H and O–H groups in total. The Labute approximate surface area is 116 Å². The Balaban J connectivity index is 1.87. The zero-order valence-corrected chi connectivity index (χ0v) is 12.2. The van der Waals surface area contributed by atoms with Gasteiger partial charge in [-0.3, -0.25) is 0 Å². The van der Waals surface area contributed by atoms with Gasteiger partial charge in [0, 0.05) is 25.9 Å². The Morgan fingerprint density at radius 1 is 1.37 bits per heavy atom. The summed E-state index contributed by atoms with van der Waals surface area (Å²) >= 11 is 0. The summed E-state index contributed by atoms with van der Waals surface area (Å²) in [6.07, 6.45) is 3.65. The van der Waals surface area contributed by atoms with Crippen molar-refractivity contribution in [2.75, 3.05) is 45.7 Å². The molecule has 1 heterocycles. The molecule has 3 nitrogen and oxygen atoms in total. The van der Waals surface area contributed by atoms with Crippen LogP contribution in [0.1, 0.15) is 18.4 Å². The second-order valence-corrected chi connectivity index (χ2v) is 5.55. The zero-order chi connectivity index (χ0) is 13.5. The monoisotopic (exact) mass is 262 g/mol. The molecule has 1 saturated heterocycles. The summed E-state index contributed by atoms with van der Waals surface area (Å²) in [5, 5.41) is 3.63. The summed E-state index contributed by atoms with van der Waals surface area (Å²) in [7, 11) is 3.98. The minimum Gasteiger partial charge on any atom is -0.384 e. The van der Waals surface area contributed by atoms with Gasteiger partial charge in [0.25, 0.3) is 0 Å².